The standard InChI is InChI=1S/C15H22FNO2/c1-10(2)14(18)9-17-15(19)11(3)8-12-6-4-5-7-13(12)16/h4-7,10-11,14,18H,8-9H2,1-3H3,(H,17,19). The molecule has 3 nitrogen and oxygen atoms in total. The molecule has 0 aromatic heterocycles. The van der Waals surface area contributed by atoms with Gasteiger partial charge in [0.05, 0.1) is 6.10 Å². The highest BCUT2D eigenvalue weighted by Gasteiger charge is 2.17. The maximum absolute atomic E-state index is 13.5. The van der Waals surface area contributed by atoms with Crippen LogP contribution in [0.15, 0.2) is 24.3 Å². The van der Waals surface area contributed by atoms with Crippen molar-refractivity contribution in [2.75, 3.05) is 6.54 Å². The largest absolute Gasteiger partial charge is 0.391 e. The topological polar surface area (TPSA) is 49.3 Å². The fraction of sp³-hybridized carbons (Fsp3) is 0.533. The fourth-order valence-electron chi connectivity index (χ4n) is 1.70. The Kier molecular flexibility index (Phi) is 5.96. The number of hydrogen-bond donors (Lipinski definition) is 2. The molecule has 0 spiro atoms. The highest BCUT2D eigenvalue weighted by molar-refractivity contribution is 5.78. The molecular weight excluding hydrogens is 245 g/mol. The molecule has 0 aliphatic rings. The fourth-order valence-corrected chi connectivity index (χ4v) is 1.70. The van der Waals surface area contributed by atoms with Crippen molar-refractivity contribution in [3.8, 4) is 0 Å². The van der Waals surface area contributed by atoms with Crippen LogP contribution in [0.1, 0.15) is 26.3 Å². The summed E-state index contributed by atoms with van der Waals surface area (Å²) in [5, 5.41) is 12.3. The third-order valence-corrected chi connectivity index (χ3v) is 3.19. The van der Waals surface area contributed by atoms with Crippen LogP contribution < -0.4 is 5.32 Å². The van der Waals surface area contributed by atoms with Gasteiger partial charge in [-0.1, -0.05) is 39.0 Å². The van der Waals surface area contributed by atoms with Gasteiger partial charge in [0.25, 0.3) is 0 Å². The molecule has 0 fully saturated rings. The van der Waals surface area contributed by atoms with Crippen LogP contribution in [0, 0.1) is 17.7 Å². The predicted octanol–water partition coefficient (Wildman–Crippen LogP) is 2.14. The zero-order chi connectivity index (χ0) is 14.4. The Morgan fingerprint density at radius 1 is 1.32 bits per heavy atom. The van der Waals surface area contributed by atoms with E-state index < -0.39 is 6.10 Å². The van der Waals surface area contributed by atoms with Gasteiger partial charge in [-0.3, -0.25) is 4.79 Å². The summed E-state index contributed by atoms with van der Waals surface area (Å²) in [7, 11) is 0. The first-order valence-corrected chi connectivity index (χ1v) is 6.61. The van der Waals surface area contributed by atoms with Crippen LogP contribution in [0.25, 0.3) is 0 Å². The molecule has 0 radical (unpaired) electrons. The van der Waals surface area contributed by atoms with Gasteiger partial charge in [0.1, 0.15) is 5.82 Å². The number of rotatable bonds is 6. The van der Waals surface area contributed by atoms with Gasteiger partial charge in [0.15, 0.2) is 0 Å². The Labute approximate surface area is 113 Å². The normalized spacial score (nSPS) is 14.2. The molecule has 4 heteroatoms. The summed E-state index contributed by atoms with van der Waals surface area (Å²) < 4.78 is 13.5. The van der Waals surface area contributed by atoms with Gasteiger partial charge in [-0.25, -0.2) is 4.39 Å². The van der Waals surface area contributed by atoms with Crippen molar-refractivity contribution in [2.24, 2.45) is 11.8 Å². The maximum atomic E-state index is 13.5. The third kappa shape index (κ3) is 4.99. The first-order valence-electron chi connectivity index (χ1n) is 6.61. The van der Waals surface area contributed by atoms with Gasteiger partial charge >= 0.3 is 0 Å². The molecule has 1 amide bonds. The van der Waals surface area contributed by atoms with E-state index in [4.69, 9.17) is 0 Å². The first kappa shape index (κ1) is 15.6. The Morgan fingerprint density at radius 2 is 1.95 bits per heavy atom. The SMILES string of the molecule is CC(Cc1ccccc1F)C(=O)NCC(O)C(C)C. The van der Waals surface area contributed by atoms with Crippen LogP contribution in [-0.2, 0) is 11.2 Å². The Bertz CT molecular complexity index is 420. The molecule has 19 heavy (non-hydrogen) atoms. The summed E-state index contributed by atoms with van der Waals surface area (Å²) in [6, 6.07) is 6.46. The number of benzene rings is 1. The van der Waals surface area contributed by atoms with E-state index in [9.17, 15) is 14.3 Å². The Balaban J connectivity index is 2.47. The summed E-state index contributed by atoms with van der Waals surface area (Å²) in [6.07, 6.45) is -0.194. The second kappa shape index (κ2) is 7.24. The minimum Gasteiger partial charge on any atom is -0.391 e. The Hall–Kier alpha value is -1.42. The highest BCUT2D eigenvalue weighted by Crippen LogP contribution is 2.12. The van der Waals surface area contributed by atoms with Crippen molar-refractivity contribution < 1.29 is 14.3 Å². The number of aliphatic hydroxyl groups is 1. The lowest BCUT2D eigenvalue weighted by atomic mass is 9.99. The molecule has 2 atom stereocenters. The summed E-state index contributed by atoms with van der Waals surface area (Å²) in [5.74, 6) is -0.675. The monoisotopic (exact) mass is 267 g/mol. The predicted molar refractivity (Wildman–Crippen MR) is 73.1 cm³/mol. The molecule has 0 saturated carbocycles. The lowest BCUT2D eigenvalue weighted by Gasteiger charge is -2.17. The minimum absolute atomic E-state index is 0.0992. The average molecular weight is 267 g/mol. The van der Waals surface area contributed by atoms with Crippen molar-refractivity contribution in [1.29, 1.82) is 0 Å². The molecule has 0 aliphatic heterocycles. The second-order valence-corrected chi connectivity index (χ2v) is 5.25. The van der Waals surface area contributed by atoms with Crippen molar-refractivity contribution in [1.82, 2.24) is 5.32 Å². The summed E-state index contributed by atoms with van der Waals surface area (Å²) in [5.41, 5.74) is 0.537. The van der Waals surface area contributed by atoms with Gasteiger partial charge in [0, 0.05) is 12.5 Å². The third-order valence-electron chi connectivity index (χ3n) is 3.19. The van der Waals surface area contributed by atoms with E-state index in [0.717, 1.165) is 0 Å². The lowest BCUT2D eigenvalue weighted by molar-refractivity contribution is -0.125. The molecule has 1 rings (SSSR count). The van der Waals surface area contributed by atoms with Gasteiger partial charge < -0.3 is 10.4 Å². The molecule has 0 heterocycles. The average Bonchev–Trinajstić information content (AvgIpc) is 2.37. The van der Waals surface area contributed by atoms with Crippen molar-refractivity contribution in [2.45, 2.75) is 33.3 Å². The van der Waals surface area contributed by atoms with Crippen LogP contribution in [0.2, 0.25) is 0 Å². The van der Waals surface area contributed by atoms with Gasteiger partial charge in [-0.05, 0) is 24.0 Å². The second-order valence-electron chi connectivity index (χ2n) is 5.25. The number of halogens is 1. The number of amides is 1. The number of carbonyl (C=O) groups excluding carboxylic acids is 1. The molecule has 0 saturated heterocycles. The van der Waals surface area contributed by atoms with E-state index in [-0.39, 0.29) is 30.1 Å². The van der Waals surface area contributed by atoms with Crippen LogP contribution in [-0.4, -0.2) is 23.7 Å². The molecule has 1 aromatic carbocycles. The van der Waals surface area contributed by atoms with Crippen molar-refractivity contribution in [3.05, 3.63) is 35.6 Å². The zero-order valence-electron chi connectivity index (χ0n) is 11.7. The summed E-state index contributed by atoms with van der Waals surface area (Å²) >= 11 is 0. The summed E-state index contributed by atoms with van der Waals surface area (Å²) in [6.45, 7) is 5.76. The van der Waals surface area contributed by atoms with Crippen LogP contribution >= 0.6 is 0 Å². The number of nitrogens with one attached hydrogen (secondary N) is 1. The van der Waals surface area contributed by atoms with Gasteiger partial charge in [0.2, 0.25) is 5.91 Å². The first-order chi connectivity index (χ1) is 8.91. The molecule has 2 N–H and O–H groups in total. The van der Waals surface area contributed by atoms with Crippen molar-refractivity contribution >= 4 is 5.91 Å². The Morgan fingerprint density at radius 3 is 2.53 bits per heavy atom. The molecule has 1 aromatic rings. The molecular formula is C15H22FNO2. The van der Waals surface area contributed by atoms with Crippen molar-refractivity contribution in [3.63, 3.8) is 0 Å². The smallest absolute Gasteiger partial charge is 0.223 e. The van der Waals surface area contributed by atoms with E-state index in [2.05, 4.69) is 5.32 Å². The minimum atomic E-state index is -0.551. The number of aliphatic hydroxyl groups excluding tert-OH is 1. The van der Waals surface area contributed by atoms with E-state index in [1.807, 2.05) is 13.8 Å². The summed E-state index contributed by atoms with van der Waals surface area (Å²) in [4.78, 5) is 11.8. The molecule has 106 valence electrons. The van der Waals surface area contributed by atoms with Crippen LogP contribution in [0.5, 0.6) is 0 Å². The highest BCUT2D eigenvalue weighted by atomic mass is 19.1. The zero-order valence-corrected chi connectivity index (χ0v) is 11.7. The quantitative estimate of drug-likeness (QED) is 0.829. The van der Waals surface area contributed by atoms with E-state index in [1.165, 1.54) is 6.07 Å². The molecule has 2 unspecified atom stereocenters. The lowest BCUT2D eigenvalue weighted by Crippen LogP contribution is -2.38. The maximum Gasteiger partial charge on any atom is 0.223 e. The molecule has 0 bridgehead atoms. The van der Waals surface area contributed by atoms with Crippen LogP contribution in [0.4, 0.5) is 4.39 Å². The van der Waals surface area contributed by atoms with Gasteiger partial charge in [-0.15, -0.1) is 0 Å². The number of hydrogen-bond acceptors (Lipinski definition) is 2. The van der Waals surface area contributed by atoms with E-state index >= 15 is 0 Å². The molecule has 0 aliphatic carbocycles. The van der Waals surface area contributed by atoms with Gasteiger partial charge in [-0.2, -0.15) is 0 Å². The van der Waals surface area contributed by atoms with E-state index in [1.54, 1.807) is 25.1 Å². The van der Waals surface area contributed by atoms with Crippen LogP contribution in [0.3, 0.4) is 0 Å². The van der Waals surface area contributed by atoms with E-state index in [0.29, 0.717) is 12.0 Å². The number of carbonyl (C=O) groups is 1.